The van der Waals surface area contributed by atoms with E-state index in [4.69, 9.17) is 9.47 Å². The summed E-state index contributed by atoms with van der Waals surface area (Å²) in [4.78, 5) is 28.5. The predicted octanol–water partition coefficient (Wildman–Crippen LogP) is 2.85. The average molecular weight is 355 g/mol. The van der Waals surface area contributed by atoms with Gasteiger partial charge in [-0.3, -0.25) is 4.79 Å². The third-order valence-electron chi connectivity index (χ3n) is 3.94. The first-order valence-corrected chi connectivity index (χ1v) is 8.43. The number of hydrogen-bond acceptors (Lipinski definition) is 6. The standard InChI is InChI=1S/C19H21N3O4/c1-12(18(23)22-15-6-8-16(25-2)9-7-15)26-19(24)13-3-10-17(20-11-13)21-14-4-5-14/h3,6-12,14H,4-5H2,1-2H3,(H,20,21)(H,22,23). The number of ether oxygens (including phenoxy) is 2. The Hall–Kier alpha value is -3.09. The number of carbonyl (C=O) groups is 2. The smallest absolute Gasteiger partial charge is 0.340 e. The minimum atomic E-state index is -0.936. The molecule has 26 heavy (non-hydrogen) atoms. The van der Waals surface area contributed by atoms with Crippen molar-refractivity contribution in [2.75, 3.05) is 17.7 Å². The van der Waals surface area contributed by atoms with Gasteiger partial charge in [0, 0.05) is 17.9 Å². The maximum atomic E-state index is 12.2. The molecule has 0 aliphatic heterocycles. The summed E-state index contributed by atoms with van der Waals surface area (Å²) in [6.45, 7) is 1.52. The van der Waals surface area contributed by atoms with Crippen molar-refractivity contribution in [1.29, 1.82) is 0 Å². The molecule has 1 aromatic heterocycles. The van der Waals surface area contributed by atoms with Crippen molar-refractivity contribution in [3.8, 4) is 5.75 Å². The molecule has 1 aliphatic rings. The zero-order valence-corrected chi connectivity index (χ0v) is 14.7. The van der Waals surface area contributed by atoms with Gasteiger partial charge in [-0.15, -0.1) is 0 Å². The average Bonchev–Trinajstić information content (AvgIpc) is 3.46. The minimum Gasteiger partial charge on any atom is -0.497 e. The van der Waals surface area contributed by atoms with Gasteiger partial charge in [0.1, 0.15) is 11.6 Å². The summed E-state index contributed by atoms with van der Waals surface area (Å²) in [5.74, 6) is 0.417. The molecule has 3 rings (SSSR count). The number of rotatable bonds is 7. The quantitative estimate of drug-likeness (QED) is 0.743. The maximum absolute atomic E-state index is 12.2. The molecule has 0 bridgehead atoms. The van der Waals surface area contributed by atoms with Crippen LogP contribution in [-0.4, -0.2) is 36.1 Å². The summed E-state index contributed by atoms with van der Waals surface area (Å²) in [5, 5.41) is 5.93. The largest absolute Gasteiger partial charge is 0.497 e. The van der Waals surface area contributed by atoms with Crippen molar-refractivity contribution < 1.29 is 19.1 Å². The monoisotopic (exact) mass is 355 g/mol. The van der Waals surface area contributed by atoms with Gasteiger partial charge in [-0.1, -0.05) is 0 Å². The molecule has 0 saturated heterocycles. The summed E-state index contributed by atoms with van der Waals surface area (Å²) in [6.07, 6.45) is 2.80. The third-order valence-corrected chi connectivity index (χ3v) is 3.94. The Bertz CT molecular complexity index is 770. The second-order valence-electron chi connectivity index (χ2n) is 6.12. The Labute approximate surface area is 151 Å². The fourth-order valence-corrected chi connectivity index (χ4v) is 2.24. The lowest BCUT2D eigenvalue weighted by molar-refractivity contribution is -0.123. The van der Waals surface area contributed by atoms with E-state index in [1.807, 2.05) is 0 Å². The highest BCUT2D eigenvalue weighted by Gasteiger charge is 2.22. The van der Waals surface area contributed by atoms with Gasteiger partial charge in [0.2, 0.25) is 0 Å². The van der Waals surface area contributed by atoms with Crippen LogP contribution in [0.2, 0.25) is 0 Å². The van der Waals surface area contributed by atoms with Crippen LogP contribution < -0.4 is 15.4 Å². The van der Waals surface area contributed by atoms with Crippen LogP contribution in [-0.2, 0) is 9.53 Å². The van der Waals surface area contributed by atoms with Crippen LogP contribution in [0.3, 0.4) is 0 Å². The summed E-state index contributed by atoms with van der Waals surface area (Å²) in [7, 11) is 1.57. The minimum absolute atomic E-state index is 0.301. The number of nitrogens with zero attached hydrogens (tertiary/aromatic N) is 1. The van der Waals surface area contributed by atoms with E-state index < -0.39 is 18.0 Å². The van der Waals surface area contributed by atoms with Gasteiger partial charge in [-0.05, 0) is 56.2 Å². The maximum Gasteiger partial charge on any atom is 0.340 e. The molecular weight excluding hydrogens is 334 g/mol. The second-order valence-corrected chi connectivity index (χ2v) is 6.12. The summed E-state index contributed by atoms with van der Waals surface area (Å²) < 4.78 is 10.3. The fourth-order valence-electron chi connectivity index (χ4n) is 2.24. The summed E-state index contributed by atoms with van der Waals surface area (Å²) in [6, 6.07) is 10.7. The van der Waals surface area contributed by atoms with E-state index in [2.05, 4.69) is 15.6 Å². The first-order valence-electron chi connectivity index (χ1n) is 8.43. The molecule has 1 fully saturated rings. The first kappa shape index (κ1) is 17.7. The Morgan fingerprint density at radius 1 is 1.15 bits per heavy atom. The van der Waals surface area contributed by atoms with Gasteiger partial charge in [0.05, 0.1) is 12.7 Å². The van der Waals surface area contributed by atoms with E-state index in [1.54, 1.807) is 43.5 Å². The highest BCUT2D eigenvalue weighted by molar-refractivity contribution is 5.97. The number of methoxy groups -OCH3 is 1. The SMILES string of the molecule is COc1ccc(NC(=O)C(C)OC(=O)c2ccc(NC3CC3)nc2)cc1. The molecule has 1 unspecified atom stereocenters. The normalized spacial score (nSPS) is 14.2. The number of pyridine rings is 1. The Morgan fingerprint density at radius 2 is 1.88 bits per heavy atom. The van der Waals surface area contributed by atoms with Gasteiger partial charge in [0.15, 0.2) is 6.10 Å². The molecule has 136 valence electrons. The molecule has 1 heterocycles. The zero-order chi connectivity index (χ0) is 18.5. The van der Waals surface area contributed by atoms with Gasteiger partial charge in [-0.2, -0.15) is 0 Å². The van der Waals surface area contributed by atoms with Crippen molar-refractivity contribution in [2.45, 2.75) is 31.9 Å². The molecule has 1 aliphatic carbocycles. The van der Waals surface area contributed by atoms with Crippen molar-refractivity contribution in [1.82, 2.24) is 4.98 Å². The molecule has 7 heteroatoms. The zero-order valence-electron chi connectivity index (χ0n) is 14.7. The van der Waals surface area contributed by atoms with Crippen molar-refractivity contribution in [3.63, 3.8) is 0 Å². The lowest BCUT2D eigenvalue weighted by Crippen LogP contribution is -2.30. The van der Waals surface area contributed by atoms with E-state index in [9.17, 15) is 9.59 Å². The molecule has 1 saturated carbocycles. The summed E-state index contributed by atoms with van der Waals surface area (Å²) in [5.41, 5.74) is 0.895. The van der Waals surface area contributed by atoms with Gasteiger partial charge < -0.3 is 20.1 Å². The molecule has 1 atom stereocenters. The highest BCUT2D eigenvalue weighted by atomic mass is 16.5. The Morgan fingerprint density at radius 3 is 2.46 bits per heavy atom. The molecule has 7 nitrogen and oxygen atoms in total. The van der Waals surface area contributed by atoms with Crippen molar-refractivity contribution in [2.24, 2.45) is 0 Å². The number of aromatic nitrogens is 1. The predicted molar refractivity (Wildman–Crippen MR) is 97.4 cm³/mol. The van der Waals surface area contributed by atoms with Gasteiger partial charge >= 0.3 is 5.97 Å². The van der Waals surface area contributed by atoms with Crippen LogP contribution in [0.5, 0.6) is 5.75 Å². The lowest BCUT2D eigenvalue weighted by atomic mass is 10.2. The van der Waals surface area contributed by atoms with Gasteiger partial charge in [-0.25, -0.2) is 9.78 Å². The molecule has 1 aromatic carbocycles. The number of esters is 1. The molecule has 1 amide bonds. The first-order chi connectivity index (χ1) is 12.5. The number of amides is 1. The molecule has 0 spiro atoms. The van der Waals surface area contributed by atoms with Crippen LogP contribution in [0.15, 0.2) is 42.6 Å². The Kier molecular flexibility index (Phi) is 5.36. The Balaban J connectivity index is 1.52. The third kappa shape index (κ3) is 4.72. The highest BCUT2D eigenvalue weighted by Crippen LogP contribution is 2.23. The van der Waals surface area contributed by atoms with Gasteiger partial charge in [0.25, 0.3) is 5.91 Å². The van der Waals surface area contributed by atoms with Crippen molar-refractivity contribution >= 4 is 23.4 Å². The van der Waals surface area contributed by atoms with E-state index >= 15 is 0 Å². The van der Waals surface area contributed by atoms with Crippen LogP contribution in [0.4, 0.5) is 11.5 Å². The summed E-state index contributed by atoms with van der Waals surface area (Å²) >= 11 is 0. The van der Waals surface area contributed by atoms with Crippen LogP contribution in [0, 0.1) is 0 Å². The van der Waals surface area contributed by atoms with E-state index in [0.29, 0.717) is 23.0 Å². The van der Waals surface area contributed by atoms with Crippen LogP contribution >= 0.6 is 0 Å². The van der Waals surface area contributed by atoms with Crippen LogP contribution in [0.1, 0.15) is 30.1 Å². The number of anilines is 2. The fraction of sp³-hybridized carbons (Fsp3) is 0.316. The lowest BCUT2D eigenvalue weighted by Gasteiger charge is -2.14. The molecule has 2 aromatic rings. The van der Waals surface area contributed by atoms with Crippen molar-refractivity contribution in [3.05, 3.63) is 48.2 Å². The number of hydrogen-bond donors (Lipinski definition) is 2. The van der Waals surface area contributed by atoms with E-state index in [1.165, 1.54) is 13.1 Å². The topological polar surface area (TPSA) is 89.5 Å². The second kappa shape index (κ2) is 7.86. The number of nitrogens with one attached hydrogen (secondary N) is 2. The van der Waals surface area contributed by atoms with E-state index in [0.717, 1.165) is 18.7 Å². The molecule has 0 radical (unpaired) electrons. The van der Waals surface area contributed by atoms with Crippen LogP contribution in [0.25, 0.3) is 0 Å². The number of benzene rings is 1. The molecular formula is C19H21N3O4. The number of carbonyl (C=O) groups excluding carboxylic acids is 2. The molecule has 2 N–H and O–H groups in total. The van der Waals surface area contributed by atoms with E-state index in [-0.39, 0.29) is 0 Å².